The van der Waals surface area contributed by atoms with E-state index >= 15 is 0 Å². The normalized spacial score (nSPS) is 19.4. The Morgan fingerprint density at radius 3 is 2.33 bits per heavy atom. The zero-order valence-electron chi connectivity index (χ0n) is 23.7. The molecule has 2 heterocycles. The van der Waals surface area contributed by atoms with Crippen molar-refractivity contribution in [2.75, 3.05) is 28.1 Å². The average molecular weight is 589 g/mol. The largest absolute Gasteiger partial charge is 0.496 e. The summed E-state index contributed by atoms with van der Waals surface area (Å²) in [5, 5.41) is 9.11. The Bertz CT molecular complexity index is 1690. The van der Waals surface area contributed by atoms with Gasteiger partial charge in [0.05, 0.1) is 37.0 Å². The Hall–Kier alpha value is -4.74. The van der Waals surface area contributed by atoms with Gasteiger partial charge in [0.25, 0.3) is 5.79 Å². The van der Waals surface area contributed by atoms with Crippen molar-refractivity contribution < 1.29 is 52.7 Å². The number of unbranched alkanes of at least 4 members (excludes halogenated alkanes) is 1. The van der Waals surface area contributed by atoms with E-state index in [1.165, 1.54) is 27.4 Å². The second kappa shape index (κ2) is 10.8. The number of carboxylic acid groups (broad SMARTS) is 1. The van der Waals surface area contributed by atoms with E-state index in [0.29, 0.717) is 30.4 Å². The summed E-state index contributed by atoms with van der Waals surface area (Å²) >= 11 is 0. The van der Waals surface area contributed by atoms with E-state index in [2.05, 4.69) is 0 Å². The summed E-state index contributed by atoms with van der Waals surface area (Å²) in [6, 6.07) is 11.4. The molecule has 3 aromatic rings. The number of methoxy groups -OCH3 is 3. The van der Waals surface area contributed by atoms with Gasteiger partial charge in [-0.1, -0.05) is 24.3 Å². The predicted octanol–water partition coefficient (Wildman–Crippen LogP) is 4.55. The lowest BCUT2D eigenvalue weighted by atomic mass is 9.77. The number of carbonyl (C=O) groups excluding carboxylic acids is 3. The van der Waals surface area contributed by atoms with Gasteiger partial charge in [0.1, 0.15) is 22.8 Å². The van der Waals surface area contributed by atoms with Crippen LogP contribution < -0.4 is 14.2 Å². The highest BCUT2D eigenvalue weighted by Crippen LogP contribution is 2.59. The number of aliphatic carboxylic acids is 1. The fourth-order valence-corrected chi connectivity index (χ4v) is 6.21. The highest BCUT2D eigenvalue weighted by Gasteiger charge is 2.61. The number of hydrogen-bond donors (Lipinski definition) is 1. The van der Waals surface area contributed by atoms with E-state index in [1.54, 1.807) is 36.4 Å². The van der Waals surface area contributed by atoms with Crippen LogP contribution in [0.3, 0.4) is 0 Å². The molecule has 3 aromatic carbocycles. The quantitative estimate of drug-likeness (QED) is 0.158. The number of carboxylic acids is 1. The van der Waals surface area contributed by atoms with Gasteiger partial charge in [0, 0.05) is 30.2 Å². The number of ether oxygens (including phenoxy) is 6. The number of carbonyl (C=O) groups is 4. The number of benzene rings is 3. The molecule has 2 aliphatic heterocycles. The first-order valence-corrected chi connectivity index (χ1v) is 13.7. The summed E-state index contributed by atoms with van der Waals surface area (Å²) in [5.41, 5.74) is 1.19. The molecule has 0 amide bonds. The van der Waals surface area contributed by atoms with Crippen molar-refractivity contribution in [2.45, 2.75) is 37.6 Å². The smallest absolute Gasteiger partial charge is 0.345 e. The van der Waals surface area contributed by atoms with Gasteiger partial charge in [-0.2, -0.15) is 0 Å². The molecule has 43 heavy (non-hydrogen) atoms. The predicted molar refractivity (Wildman–Crippen MR) is 148 cm³/mol. The van der Waals surface area contributed by atoms with Crippen LogP contribution in [0, 0.1) is 0 Å². The Balaban J connectivity index is 1.60. The molecule has 0 radical (unpaired) electrons. The molecule has 0 saturated heterocycles. The van der Waals surface area contributed by atoms with Crippen molar-refractivity contribution in [3.05, 3.63) is 87.0 Å². The standard InChI is InChI=1S/C32H28O11/c1-38-15-41-21-12-6-8-16-19(10-4-5-13-23(33)34)42-32(27(16)21)28-25-18(14-22(40-3)26(28)31(37)43-32)29(35)17-9-7-11-20(39-2)24(17)30(25)36/h6-9,11-12,14,19H,4-5,10,13,15H2,1-3H3,(H,33,34)/t19-,32-/m1/s1. The molecule has 3 aliphatic rings. The minimum absolute atomic E-state index is 0.0118. The molecule has 222 valence electrons. The van der Waals surface area contributed by atoms with Crippen LogP contribution in [-0.2, 0) is 24.8 Å². The topological polar surface area (TPSA) is 144 Å². The number of hydrogen-bond acceptors (Lipinski definition) is 10. The lowest BCUT2D eigenvalue weighted by molar-refractivity contribution is -0.188. The van der Waals surface area contributed by atoms with E-state index < -0.39 is 35.4 Å². The first kappa shape index (κ1) is 28.4. The monoisotopic (exact) mass is 588 g/mol. The molecule has 1 spiro atoms. The van der Waals surface area contributed by atoms with Gasteiger partial charge < -0.3 is 33.5 Å². The van der Waals surface area contributed by atoms with E-state index in [-0.39, 0.29) is 63.8 Å². The van der Waals surface area contributed by atoms with Crippen LogP contribution >= 0.6 is 0 Å². The molecular formula is C32H28O11. The van der Waals surface area contributed by atoms with Crippen LogP contribution in [0.1, 0.15) is 90.7 Å². The fourth-order valence-electron chi connectivity index (χ4n) is 6.21. The minimum Gasteiger partial charge on any atom is -0.496 e. The third-order valence-electron chi connectivity index (χ3n) is 7.95. The zero-order valence-corrected chi connectivity index (χ0v) is 23.7. The third-order valence-corrected chi connectivity index (χ3v) is 7.95. The van der Waals surface area contributed by atoms with E-state index in [9.17, 15) is 19.2 Å². The van der Waals surface area contributed by atoms with E-state index in [0.717, 1.165) is 0 Å². The maximum absolute atomic E-state index is 14.4. The first-order valence-electron chi connectivity index (χ1n) is 13.7. The molecule has 11 nitrogen and oxygen atoms in total. The molecule has 0 bridgehead atoms. The Kier molecular flexibility index (Phi) is 7.15. The molecule has 1 aliphatic carbocycles. The molecule has 0 aromatic heterocycles. The van der Waals surface area contributed by atoms with Crippen molar-refractivity contribution in [3.8, 4) is 17.2 Å². The van der Waals surface area contributed by atoms with Crippen molar-refractivity contribution in [2.24, 2.45) is 0 Å². The van der Waals surface area contributed by atoms with E-state index in [1.807, 2.05) is 0 Å². The Labute approximate surface area is 246 Å². The van der Waals surface area contributed by atoms with Crippen LogP contribution in [-0.4, -0.2) is 56.7 Å². The minimum atomic E-state index is -1.97. The summed E-state index contributed by atoms with van der Waals surface area (Å²) < 4.78 is 34.8. The highest BCUT2D eigenvalue weighted by molar-refractivity contribution is 6.31. The third kappa shape index (κ3) is 4.26. The zero-order chi connectivity index (χ0) is 30.5. The number of fused-ring (bicyclic) bond motifs is 7. The molecule has 11 heteroatoms. The maximum Gasteiger partial charge on any atom is 0.345 e. The van der Waals surface area contributed by atoms with Gasteiger partial charge in [-0.3, -0.25) is 14.4 Å². The number of rotatable bonds is 10. The van der Waals surface area contributed by atoms with Gasteiger partial charge in [-0.15, -0.1) is 0 Å². The van der Waals surface area contributed by atoms with Gasteiger partial charge in [0.15, 0.2) is 18.4 Å². The Morgan fingerprint density at radius 2 is 1.60 bits per heavy atom. The lowest BCUT2D eigenvalue weighted by Gasteiger charge is -2.30. The van der Waals surface area contributed by atoms with Gasteiger partial charge in [0.2, 0.25) is 0 Å². The SMILES string of the molecule is COCOc1cccc2c1[C@]1(OC(=O)c3c(OC)cc4c(c31)C(=O)c1c(OC)cccc1C4=O)O[C@@H]2CCCCC(=O)O. The summed E-state index contributed by atoms with van der Waals surface area (Å²) in [4.78, 5) is 53.1. The van der Waals surface area contributed by atoms with Gasteiger partial charge in [-0.25, -0.2) is 4.79 Å². The maximum atomic E-state index is 14.4. The molecule has 6 rings (SSSR count). The molecule has 0 unspecified atom stereocenters. The van der Waals surface area contributed by atoms with Crippen molar-refractivity contribution in [1.29, 1.82) is 0 Å². The lowest BCUT2D eigenvalue weighted by Crippen LogP contribution is -2.33. The highest BCUT2D eigenvalue weighted by atomic mass is 16.7. The molecule has 2 atom stereocenters. The fraction of sp³-hybridized carbons (Fsp3) is 0.312. The van der Waals surface area contributed by atoms with Crippen LogP contribution in [0.4, 0.5) is 0 Å². The summed E-state index contributed by atoms with van der Waals surface area (Å²) in [6.07, 6.45) is 0.613. The summed E-state index contributed by atoms with van der Waals surface area (Å²) in [7, 11) is 4.22. The number of ketones is 2. The van der Waals surface area contributed by atoms with Crippen LogP contribution in [0.5, 0.6) is 17.2 Å². The molecular weight excluding hydrogens is 560 g/mol. The Morgan fingerprint density at radius 1 is 0.860 bits per heavy atom. The first-order chi connectivity index (χ1) is 20.8. The average Bonchev–Trinajstić information content (AvgIpc) is 3.49. The molecule has 1 N–H and O–H groups in total. The van der Waals surface area contributed by atoms with Crippen LogP contribution in [0.2, 0.25) is 0 Å². The van der Waals surface area contributed by atoms with Crippen molar-refractivity contribution in [1.82, 2.24) is 0 Å². The molecule has 0 fully saturated rings. The van der Waals surface area contributed by atoms with Gasteiger partial charge in [-0.05, 0) is 43.0 Å². The summed E-state index contributed by atoms with van der Waals surface area (Å²) in [5.74, 6) is -4.13. The summed E-state index contributed by atoms with van der Waals surface area (Å²) in [6.45, 7) is -0.130. The molecule has 0 saturated carbocycles. The van der Waals surface area contributed by atoms with Gasteiger partial charge >= 0.3 is 11.9 Å². The second-order valence-electron chi connectivity index (χ2n) is 10.3. The van der Waals surface area contributed by atoms with Crippen LogP contribution in [0.15, 0.2) is 42.5 Å². The van der Waals surface area contributed by atoms with Crippen molar-refractivity contribution in [3.63, 3.8) is 0 Å². The van der Waals surface area contributed by atoms with E-state index in [4.69, 9.17) is 33.5 Å². The van der Waals surface area contributed by atoms with Crippen LogP contribution in [0.25, 0.3) is 0 Å². The van der Waals surface area contributed by atoms with Crippen molar-refractivity contribution >= 4 is 23.5 Å². The number of esters is 1. The second-order valence-corrected chi connectivity index (χ2v) is 10.3.